The second-order valence-corrected chi connectivity index (χ2v) is 4.14. The number of hydrogen-bond acceptors (Lipinski definition) is 4. The molecule has 0 bridgehead atoms. The summed E-state index contributed by atoms with van der Waals surface area (Å²) >= 11 is 0. The lowest BCUT2D eigenvalue weighted by atomic mass is 10.2. The maximum atomic E-state index is 5.01. The molecule has 0 aromatic carbocycles. The summed E-state index contributed by atoms with van der Waals surface area (Å²) in [7, 11) is 1.61. The molecular weight excluding hydrogens is 226 g/mol. The Bertz CT molecular complexity index is 479. The number of aryl methyl sites for hydroxylation is 1. The lowest BCUT2D eigenvalue weighted by Crippen LogP contribution is -2.13. The van der Waals surface area contributed by atoms with Crippen LogP contribution in [0.25, 0.3) is 0 Å². The van der Waals surface area contributed by atoms with E-state index in [1.54, 1.807) is 7.11 Å². The van der Waals surface area contributed by atoms with E-state index in [1.165, 1.54) is 5.56 Å². The third-order valence-electron chi connectivity index (χ3n) is 2.61. The van der Waals surface area contributed by atoms with Gasteiger partial charge in [0.25, 0.3) is 0 Å². The number of hydrogen-bond donors (Lipinski definition) is 1. The van der Waals surface area contributed by atoms with Gasteiger partial charge in [0.05, 0.1) is 12.8 Å². The third-order valence-corrected chi connectivity index (χ3v) is 2.61. The summed E-state index contributed by atoms with van der Waals surface area (Å²) in [6, 6.07) is 7.97. The third kappa shape index (κ3) is 3.53. The highest BCUT2D eigenvalue weighted by Gasteiger charge is 1.97. The molecule has 4 nitrogen and oxygen atoms in total. The molecule has 0 fully saturated rings. The van der Waals surface area contributed by atoms with E-state index in [0.29, 0.717) is 5.88 Å². The van der Waals surface area contributed by atoms with Crippen LogP contribution in [-0.2, 0) is 13.1 Å². The minimum Gasteiger partial charge on any atom is -0.481 e. The summed E-state index contributed by atoms with van der Waals surface area (Å²) in [6.07, 6.45) is 3.69. The lowest BCUT2D eigenvalue weighted by Gasteiger charge is -2.05. The average Bonchev–Trinajstić information content (AvgIpc) is 2.42. The van der Waals surface area contributed by atoms with Crippen molar-refractivity contribution < 1.29 is 4.74 Å². The van der Waals surface area contributed by atoms with Gasteiger partial charge >= 0.3 is 0 Å². The molecule has 0 aliphatic rings. The van der Waals surface area contributed by atoms with Gasteiger partial charge in [-0.25, -0.2) is 4.98 Å². The fourth-order valence-corrected chi connectivity index (χ4v) is 1.57. The Kier molecular flexibility index (Phi) is 4.25. The first kappa shape index (κ1) is 12.5. The van der Waals surface area contributed by atoms with Gasteiger partial charge in [0, 0.05) is 31.5 Å². The molecule has 0 saturated carbocycles. The molecule has 0 aliphatic carbocycles. The summed E-state index contributed by atoms with van der Waals surface area (Å²) in [4.78, 5) is 8.50. The summed E-state index contributed by atoms with van der Waals surface area (Å²) in [5.74, 6) is 0.638. The molecule has 0 spiro atoms. The molecule has 4 heteroatoms. The van der Waals surface area contributed by atoms with Crippen molar-refractivity contribution in [2.45, 2.75) is 20.0 Å². The van der Waals surface area contributed by atoms with E-state index < -0.39 is 0 Å². The molecule has 18 heavy (non-hydrogen) atoms. The quantitative estimate of drug-likeness (QED) is 0.873. The van der Waals surface area contributed by atoms with Gasteiger partial charge in [-0.3, -0.25) is 4.98 Å². The van der Waals surface area contributed by atoms with Gasteiger partial charge in [-0.2, -0.15) is 0 Å². The van der Waals surface area contributed by atoms with Crippen molar-refractivity contribution in [3.63, 3.8) is 0 Å². The molecule has 2 heterocycles. The fourth-order valence-electron chi connectivity index (χ4n) is 1.57. The molecule has 1 N–H and O–H groups in total. The standard InChI is InChI=1S/C14H17N3O/c1-11-3-5-13(16-7-11)10-15-8-12-4-6-14(18-2)17-9-12/h3-7,9,15H,8,10H2,1-2H3. The molecule has 2 aromatic rings. The molecule has 2 aromatic heterocycles. The van der Waals surface area contributed by atoms with Crippen molar-refractivity contribution in [2.24, 2.45) is 0 Å². The molecular formula is C14H17N3O. The number of rotatable bonds is 5. The second-order valence-electron chi connectivity index (χ2n) is 4.14. The van der Waals surface area contributed by atoms with Crippen molar-refractivity contribution in [3.05, 3.63) is 53.5 Å². The number of nitrogens with one attached hydrogen (secondary N) is 1. The summed E-state index contributed by atoms with van der Waals surface area (Å²) < 4.78 is 5.01. The van der Waals surface area contributed by atoms with Gasteiger partial charge in [0.1, 0.15) is 0 Å². The zero-order valence-electron chi connectivity index (χ0n) is 10.7. The van der Waals surface area contributed by atoms with E-state index in [9.17, 15) is 0 Å². The average molecular weight is 243 g/mol. The van der Waals surface area contributed by atoms with Crippen molar-refractivity contribution >= 4 is 0 Å². The number of methoxy groups -OCH3 is 1. The predicted molar refractivity (Wildman–Crippen MR) is 70.3 cm³/mol. The molecule has 0 unspecified atom stereocenters. The van der Waals surface area contributed by atoms with E-state index >= 15 is 0 Å². The van der Waals surface area contributed by atoms with E-state index in [-0.39, 0.29) is 0 Å². The van der Waals surface area contributed by atoms with E-state index in [4.69, 9.17) is 4.74 Å². The highest BCUT2D eigenvalue weighted by Crippen LogP contribution is 2.06. The van der Waals surface area contributed by atoms with E-state index in [0.717, 1.165) is 24.3 Å². The van der Waals surface area contributed by atoms with E-state index in [2.05, 4.69) is 21.4 Å². The first-order valence-corrected chi connectivity index (χ1v) is 5.89. The maximum Gasteiger partial charge on any atom is 0.212 e. The van der Waals surface area contributed by atoms with Gasteiger partial charge in [-0.05, 0) is 24.1 Å². The zero-order valence-corrected chi connectivity index (χ0v) is 10.7. The topological polar surface area (TPSA) is 47.0 Å². The molecule has 0 radical (unpaired) electrons. The van der Waals surface area contributed by atoms with Crippen LogP contribution in [0.1, 0.15) is 16.8 Å². The molecule has 0 atom stereocenters. The zero-order chi connectivity index (χ0) is 12.8. The summed E-state index contributed by atoms with van der Waals surface area (Å²) in [6.45, 7) is 3.56. The number of nitrogens with zero attached hydrogens (tertiary/aromatic N) is 2. The van der Waals surface area contributed by atoms with Gasteiger partial charge < -0.3 is 10.1 Å². The highest BCUT2D eigenvalue weighted by molar-refractivity contribution is 5.17. The van der Waals surface area contributed by atoms with Crippen LogP contribution in [0.5, 0.6) is 5.88 Å². The second kappa shape index (κ2) is 6.12. The van der Waals surface area contributed by atoms with Crippen LogP contribution in [0.2, 0.25) is 0 Å². The van der Waals surface area contributed by atoms with Gasteiger partial charge in [-0.1, -0.05) is 12.1 Å². The lowest BCUT2D eigenvalue weighted by molar-refractivity contribution is 0.397. The van der Waals surface area contributed by atoms with Crippen LogP contribution >= 0.6 is 0 Å². The monoisotopic (exact) mass is 243 g/mol. The number of pyridine rings is 2. The maximum absolute atomic E-state index is 5.01. The molecule has 0 amide bonds. The van der Waals surface area contributed by atoms with Gasteiger partial charge in [0.15, 0.2) is 0 Å². The van der Waals surface area contributed by atoms with E-state index in [1.807, 2.05) is 37.5 Å². The Morgan fingerprint density at radius 1 is 1.06 bits per heavy atom. The van der Waals surface area contributed by atoms with Crippen LogP contribution in [0.15, 0.2) is 36.7 Å². The number of ether oxygens (including phenoxy) is 1. The summed E-state index contributed by atoms with van der Waals surface area (Å²) in [5, 5.41) is 3.33. The SMILES string of the molecule is COc1ccc(CNCc2ccc(C)cn2)cn1. The Hall–Kier alpha value is -1.94. The van der Waals surface area contributed by atoms with Crippen molar-refractivity contribution in [1.82, 2.24) is 15.3 Å². The first-order valence-electron chi connectivity index (χ1n) is 5.89. The normalized spacial score (nSPS) is 10.3. The Morgan fingerprint density at radius 2 is 1.94 bits per heavy atom. The fraction of sp³-hybridized carbons (Fsp3) is 0.286. The van der Waals surface area contributed by atoms with Crippen LogP contribution < -0.4 is 10.1 Å². The Balaban J connectivity index is 1.82. The van der Waals surface area contributed by atoms with Crippen molar-refractivity contribution in [3.8, 4) is 5.88 Å². The van der Waals surface area contributed by atoms with Crippen molar-refractivity contribution in [1.29, 1.82) is 0 Å². The molecule has 94 valence electrons. The Labute approximate surface area is 107 Å². The summed E-state index contributed by atoms with van der Waals surface area (Å²) in [5.41, 5.74) is 3.35. The predicted octanol–water partition coefficient (Wildman–Crippen LogP) is 2.08. The molecule has 0 saturated heterocycles. The highest BCUT2D eigenvalue weighted by atomic mass is 16.5. The minimum atomic E-state index is 0.638. The van der Waals surface area contributed by atoms with Crippen LogP contribution in [0.4, 0.5) is 0 Å². The first-order chi connectivity index (χ1) is 8.78. The van der Waals surface area contributed by atoms with Crippen molar-refractivity contribution in [2.75, 3.05) is 7.11 Å². The van der Waals surface area contributed by atoms with Gasteiger partial charge in [0.2, 0.25) is 5.88 Å². The van der Waals surface area contributed by atoms with Crippen LogP contribution in [0, 0.1) is 6.92 Å². The minimum absolute atomic E-state index is 0.638. The van der Waals surface area contributed by atoms with Crippen LogP contribution in [0.3, 0.4) is 0 Å². The molecule has 0 aliphatic heterocycles. The molecule has 2 rings (SSSR count). The van der Waals surface area contributed by atoms with Gasteiger partial charge in [-0.15, -0.1) is 0 Å². The van der Waals surface area contributed by atoms with Crippen LogP contribution in [-0.4, -0.2) is 17.1 Å². The Morgan fingerprint density at radius 3 is 2.56 bits per heavy atom. The number of aromatic nitrogens is 2. The largest absolute Gasteiger partial charge is 0.481 e. The smallest absolute Gasteiger partial charge is 0.212 e.